The molecule has 11 heteroatoms. The summed E-state index contributed by atoms with van der Waals surface area (Å²) < 4.78 is 10.6. The van der Waals surface area contributed by atoms with E-state index in [4.69, 9.17) is 15.2 Å². The lowest BCUT2D eigenvalue weighted by Crippen LogP contribution is -2.22. The van der Waals surface area contributed by atoms with Crippen LogP contribution in [0, 0.1) is 0 Å². The number of benzene rings is 1. The molecule has 1 atom stereocenters. The minimum absolute atomic E-state index is 0.115. The molecule has 146 valence electrons. The number of anilines is 2. The van der Waals surface area contributed by atoms with Crippen LogP contribution in [0.5, 0.6) is 11.5 Å². The zero-order valence-electron chi connectivity index (χ0n) is 15.4. The van der Waals surface area contributed by atoms with Crippen molar-refractivity contribution in [1.29, 1.82) is 0 Å². The van der Waals surface area contributed by atoms with Crippen LogP contribution in [-0.2, 0) is 4.79 Å². The van der Waals surface area contributed by atoms with Gasteiger partial charge in [0.15, 0.2) is 21.8 Å². The molecule has 3 aromatic rings. The summed E-state index contributed by atoms with van der Waals surface area (Å²) in [6, 6.07) is 5.53. The number of hydrogen-bond acceptors (Lipinski definition) is 10. The monoisotopic (exact) mass is 418 g/mol. The number of hydrogen-bond donors (Lipinski definition) is 2. The molecule has 2 aromatic heterocycles. The van der Waals surface area contributed by atoms with E-state index in [1.165, 1.54) is 29.4 Å². The molecular weight excluding hydrogens is 400 g/mol. The fourth-order valence-corrected chi connectivity index (χ4v) is 3.69. The molecule has 0 saturated carbocycles. The van der Waals surface area contributed by atoms with Gasteiger partial charge in [0.25, 0.3) is 0 Å². The summed E-state index contributed by atoms with van der Waals surface area (Å²) in [6.07, 6.45) is 1.31. The zero-order chi connectivity index (χ0) is 20.1. The number of thioether (sulfide) groups is 1. The molecule has 0 spiro atoms. The van der Waals surface area contributed by atoms with Gasteiger partial charge in [0.2, 0.25) is 11.9 Å². The van der Waals surface area contributed by atoms with Crippen LogP contribution >= 0.6 is 23.1 Å². The SMILES string of the molecule is COc1ccc(-c2csc(NC(=O)C(C)Sc3ncnc(N)n3)n2)cc1OC. The summed E-state index contributed by atoms with van der Waals surface area (Å²) >= 11 is 2.53. The van der Waals surface area contributed by atoms with E-state index in [1.807, 2.05) is 23.6 Å². The van der Waals surface area contributed by atoms with Crippen LogP contribution in [0.25, 0.3) is 11.3 Å². The number of rotatable bonds is 7. The van der Waals surface area contributed by atoms with Crippen molar-refractivity contribution in [2.24, 2.45) is 0 Å². The highest BCUT2D eigenvalue weighted by atomic mass is 32.2. The number of thiazole rings is 1. The zero-order valence-corrected chi connectivity index (χ0v) is 17.0. The van der Waals surface area contributed by atoms with Crippen LogP contribution in [0.4, 0.5) is 11.1 Å². The Hall–Kier alpha value is -2.92. The highest BCUT2D eigenvalue weighted by Gasteiger charge is 2.18. The lowest BCUT2D eigenvalue weighted by molar-refractivity contribution is -0.115. The number of nitrogen functional groups attached to an aromatic ring is 1. The minimum atomic E-state index is -0.435. The average molecular weight is 419 g/mol. The van der Waals surface area contributed by atoms with Crippen molar-refractivity contribution in [2.45, 2.75) is 17.3 Å². The molecule has 1 aromatic carbocycles. The predicted molar refractivity (Wildman–Crippen MR) is 109 cm³/mol. The molecule has 28 heavy (non-hydrogen) atoms. The van der Waals surface area contributed by atoms with Crippen molar-refractivity contribution in [3.8, 4) is 22.8 Å². The number of carbonyl (C=O) groups is 1. The van der Waals surface area contributed by atoms with Crippen molar-refractivity contribution >= 4 is 40.1 Å². The van der Waals surface area contributed by atoms with Crippen LogP contribution in [-0.4, -0.2) is 45.3 Å². The molecule has 0 radical (unpaired) electrons. The first-order chi connectivity index (χ1) is 13.5. The van der Waals surface area contributed by atoms with E-state index >= 15 is 0 Å². The van der Waals surface area contributed by atoms with Crippen LogP contribution in [0.3, 0.4) is 0 Å². The van der Waals surface area contributed by atoms with E-state index in [9.17, 15) is 4.79 Å². The molecule has 0 bridgehead atoms. The molecule has 0 saturated heterocycles. The Morgan fingerprint density at radius 2 is 2.00 bits per heavy atom. The maximum Gasteiger partial charge on any atom is 0.239 e. The van der Waals surface area contributed by atoms with E-state index in [-0.39, 0.29) is 11.9 Å². The van der Waals surface area contributed by atoms with Crippen LogP contribution < -0.4 is 20.5 Å². The van der Waals surface area contributed by atoms with Crippen LogP contribution in [0.1, 0.15) is 6.92 Å². The Kier molecular flexibility index (Phi) is 6.26. The Morgan fingerprint density at radius 3 is 2.71 bits per heavy atom. The molecule has 9 nitrogen and oxygen atoms in total. The van der Waals surface area contributed by atoms with Crippen molar-refractivity contribution < 1.29 is 14.3 Å². The van der Waals surface area contributed by atoms with Gasteiger partial charge in [-0.15, -0.1) is 11.3 Å². The normalized spacial score (nSPS) is 11.7. The first-order valence-corrected chi connectivity index (χ1v) is 9.86. The largest absolute Gasteiger partial charge is 0.493 e. The van der Waals surface area contributed by atoms with E-state index in [1.54, 1.807) is 21.1 Å². The average Bonchev–Trinajstić information content (AvgIpc) is 3.15. The maximum absolute atomic E-state index is 12.4. The fraction of sp³-hybridized carbons (Fsp3) is 0.235. The fourth-order valence-electron chi connectivity index (χ4n) is 2.23. The number of nitrogens with one attached hydrogen (secondary N) is 1. The first-order valence-electron chi connectivity index (χ1n) is 8.10. The molecular formula is C17H18N6O3S2. The Balaban J connectivity index is 1.67. The summed E-state index contributed by atoms with van der Waals surface area (Å²) in [5.74, 6) is 1.15. The second-order valence-corrected chi connectivity index (χ2v) is 7.65. The molecule has 2 heterocycles. The highest BCUT2D eigenvalue weighted by Crippen LogP contribution is 2.33. The van der Waals surface area contributed by atoms with E-state index in [0.29, 0.717) is 21.8 Å². The first kappa shape index (κ1) is 19.8. The number of aromatic nitrogens is 4. The lowest BCUT2D eigenvalue weighted by Gasteiger charge is -2.09. The summed E-state index contributed by atoms with van der Waals surface area (Å²) in [4.78, 5) is 28.6. The van der Waals surface area contributed by atoms with Gasteiger partial charge >= 0.3 is 0 Å². The van der Waals surface area contributed by atoms with Gasteiger partial charge in [-0.05, 0) is 25.1 Å². The third-order valence-electron chi connectivity index (χ3n) is 3.63. The second-order valence-electron chi connectivity index (χ2n) is 5.48. The van der Waals surface area contributed by atoms with Gasteiger partial charge in [-0.3, -0.25) is 4.79 Å². The molecule has 1 unspecified atom stereocenters. The summed E-state index contributed by atoms with van der Waals surface area (Å²) in [5, 5.41) is 5.12. The van der Waals surface area contributed by atoms with E-state index < -0.39 is 5.25 Å². The Morgan fingerprint density at radius 1 is 1.21 bits per heavy atom. The number of amides is 1. The Bertz CT molecular complexity index is 981. The molecule has 0 aliphatic carbocycles. The van der Waals surface area contributed by atoms with Gasteiger partial charge in [0.1, 0.15) is 6.33 Å². The quantitative estimate of drug-likeness (QED) is 0.557. The molecule has 1 amide bonds. The predicted octanol–water partition coefficient (Wildman–Crippen LogP) is 2.71. The standard InChI is InChI=1S/C17H18N6O3S2/c1-9(28-16-20-8-19-15(18)23-16)14(24)22-17-21-11(7-27-17)10-4-5-12(25-2)13(6-10)26-3/h4-9H,1-3H3,(H,21,22,24)(H2,18,19,20,23). The van der Waals surface area contributed by atoms with Gasteiger partial charge < -0.3 is 20.5 Å². The van der Waals surface area contributed by atoms with Crippen molar-refractivity contribution in [2.75, 3.05) is 25.3 Å². The third kappa shape index (κ3) is 4.67. The summed E-state index contributed by atoms with van der Waals surface area (Å²) in [7, 11) is 3.16. The third-order valence-corrected chi connectivity index (χ3v) is 5.37. The van der Waals surface area contributed by atoms with Crippen LogP contribution in [0.15, 0.2) is 35.1 Å². The summed E-state index contributed by atoms with van der Waals surface area (Å²) in [5.41, 5.74) is 7.12. The lowest BCUT2D eigenvalue weighted by atomic mass is 10.1. The summed E-state index contributed by atoms with van der Waals surface area (Å²) in [6.45, 7) is 1.75. The number of methoxy groups -OCH3 is 2. The smallest absolute Gasteiger partial charge is 0.239 e. The van der Waals surface area contributed by atoms with Crippen LogP contribution in [0.2, 0.25) is 0 Å². The minimum Gasteiger partial charge on any atom is -0.493 e. The molecule has 0 fully saturated rings. The number of ether oxygens (including phenoxy) is 2. The van der Waals surface area contributed by atoms with Gasteiger partial charge in [-0.25, -0.2) is 15.0 Å². The van der Waals surface area contributed by atoms with Gasteiger partial charge in [-0.2, -0.15) is 4.98 Å². The molecule has 3 N–H and O–H groups in total. The van der Waals surface area contributed by atoms with Gasteiger partial charge in [0, 0.05) is 10.9 Å². The number of nitrogens with zero attached hydrogens (tertiary/aromatic N) is 4. The van der Waals surface area contributed by atoms with Gasteiger partial charge in [0.05, 0.1) is 25.2 Å². The number of carbonyl (C=O) groups excluding carboxylic acids is 1. The maximum atomic E-state index is 12.4. The second kappa shape index (κ2) is 8.85. The van der Waals surface area contributed by atoms with Crippen molar-refractivity contribution in [3.05, 3.63) is 29.9 Å². The molecule has 3 rings (SSSR count). The Labute approximate surface area is 169 Å². The molecule has 0 aliphatic rings. The van der Waals surface area contributed by atoms with Gasteiger partial charge in [-0.1, -0.05) is 11.8 Å². The number of nitrogens with two attached hydrogens (primary N) is 1. The highest BCUT2D eigenvalue weighted by molar-refractivity contribution is 8.00. The topological polar surface area (TPSA) is 125 Å². The van der Waals surface area contributed by atoms with E-state index in [0.717, 1.165) is 11.3 Å². The molecule has 0 aliphatic heterocycles. The van der Waals surface area contributed by atoms with Crippen molar-refractivity contribution in [3.63, 3.8) is 0 Å². The van der Waals surface area contributed by atoms with E-state index in [2.05, 4.69) is 25.3 Å². The van der Waals surface area contributed by atoms with Crippen molar-refractivity contribution in [1.82, 2.24) is 19.9 Å².